The number of hydrogen-bond acceptors (Lipinski definition) is 6. The fourth-order valence-electron chi connectivity index (χ4n) is 4.77. The first-order chi connectivity index (χ1) is 16.0. The third-order valence-corrected chi connectivity index (χ3v) is 8.02. The van der Waals surface area contributed by atoms with Crippen LogP contribution in [0.15, 0.2) is 59.0 Å². The molecule has 2 aromatic carbocycles. The van der Waals surface area contributed by atoms with Gasteiger partial charge in [0.1, 0.15) is 18.5 Å². The lowest BCUT2D eigenvalue weighted by Crippen LogP contribution is -2.54. The molecular weight excluding hydrogens is 436 g/mol. The summed E-state index contributed by atoms with van der Waals surface area (Å²) in [5.41, 5.74) is 3.84. The van der Waals surface area contributed by atoms with E-state index in [9.17, 15) is 9.59 Å². The Kier molecular flexibility index (Phi) is 6.17. The molecule has 4 unspecified atom stereocenters. The highest BCUT2D eigenvalue weighted by Crippen LogP contribution is 2.50. The number of hydrogen-bond donors (Lipinski definition) is 2. The lowest BCUT2D eigenvalue weighted by atomic mass is 9.83. The van der Waals surface area contributed by atoms with Gasteiger partial charge in [-0.05, 0) is 71.1 Å². The second-order valence-electron chi connectivity index (χ2n) is 8.97. The molecule has 1 aliphatic carbocycles. The number of nitrogens with one attached hydrogen (secondary N) is 2. The third-order valence-electron chi connectivity index (χ3n) is 6.64. The number of amides is 1. The number of esters is 1. The average molecular weight is 465 g/mol. The normalized spacial score (nSPS) is 26.3. The zero-order valence-electron chi connectivity index (χ0n) is 18.8. The molecule has 0 radical (unpaired) electrons. The van der Waals surface area contributed by atoms with Gasteiger partial charge in [0.15, 0.2) is 0 Å². The van der Waals surface area contributed by atoms with Crippen LogP contribution in [0.1, 0.15) is 53.8 Å². The Labute approximate surface area is 198 Å². The Morgan fingerprint density at radius 3 is 2.61 bits per heavy atom. The number of fused-ring (bicyclic) bond motifs is 2. The van der Waals surface area contributed by atoms with E-state index >= 15 is 0 Å². The Balaban J connectivity index is 1.19. The molecule has 172 valence electrons. The molecule has 5 rings (SSSR count). The van der Waals surface area contributed by atoms with Gasteiger partial charge in [-0.2, -0.15) is 0 Å². The van der Waals surface area contributed by atoms with Crippen molar-refractivity contribution in [1.29, 1.82) is 0 Å². The number of methoxy groups -OCH3 is 1. The van der Waals surface area contributed by atoms with Crippen molar-refractivity contribution in [2.24, 2.45) is 11.8 Å². The number of thioether (sulfide) groups is 1. The summed E-state index contributed by atoms with van der Waals surface area (Å²) in [5.74, 6) is 1.19. The van der Waals surface area contributed by atoms with Crippen LogP contribution in [-0.4, -0.2) is 24.4 Å². The Bertz CT molecular complexity index is 1080. The van der Waals surface area contributed by atoms with Gasteiger partial charge in [0.2, 0.25) is 5.91 Å². The molecule has 33 heavy (non-hydrogen) atoms. The molecule has 2 heterocycles. The van der Waals surface area contributed by atoms with Crippen molar-refractivity contribution in [3.05, 3.63) is 75.7 Å². The van der Waals surface area contributed by atoms with E-state index in [-0.39, 0.29) is 29.3 Å². The number of carbonyl (C=O) groups is 2. The molecule has 6 nitrogen and oxygen atoms in total. The molecule has 0 bridgehead atoms. The van der Waals surface area contributed by atoms with Crippen LogP contribution in [0.4, 0.5) is 0 Å². The number of benzene rings is 2. The minimum Gasteiger partial charge on any atom is -0.489 e. The topological polar surface area (TPSA) is 76.7 Å². The van der Waals surface area contributed by atoms with Gasteiger partial charge in [-0.3, -0.25) is 10.1 Å². The molecule has 4 atom stereocenters. The van der Waals surface area contributed by atoms with E-state index in [0.29, 0.717) is 18.1 Å². The number of allylic oxidation sites excluding steroid dienone is 1. The molecule has 1 saturated heterocycles. The molecule has 3 aliphatic rings. The summed E-state index contributed by atoms with van der Waals surface area (Å²) in [6.07, 6.45) is 3.12. The monoisotopic (exact) mass is 464 g/mol. The zero-order valence-corrected chi connectivity index (χ0v) is 19.6. The molecule has 2 N–H and O–H groups in total. The number of ether oxygens (including phenoxy) is 2. The van der Waals surface area contributed by atoms with E-state index in [4.69, 9.17) is 9.47 Å². The second kappa shape index (κ2) is 9.23. The summed E-state index contributed by atoms with van der Waals surface area (Å²) in [6.45, 7) is 2.69. The smallest absolute Gasteiger partial charge is 0.337 e. The molecule has 1 amide bonds. The van der Waals surface area contributed by atoms with E-state index in [0.717, 1.165) is 29.7 Å². The lowest BCUT2D eigenvalue weighted by molar-refractivity contribution is -0.127. The number of carbonyl (C=O) groups excluding carboxylic acids is 2. The predicted octanol–water partition coefficient (Wildman–Crippen LogP) is 4.53. The van der Waals surface area contributed by atoms with Crippen molar-refractivity contribution in [1.82, 2.24) is 10.6 Å². The highest BCUT2D eigenvalue weighted by Gasteiger charge is 2.45. The lowest BCUT2D eigenvalue weighted by Gasteiger charge is -2.34. The van der Waals surface area contributed by atoms with E-state index in [1.165, 1.54) is 24.0 Å². The Morgan fingerprint density at radius 2 is 1.88 bits per heavy atom. The second-order valence-corrected chi connectivity index (χ2v) is 10.2. The molecule has 0 spiro atoms. The van der Waals surface area contributed by atoms with E-state index in [2.05, 4.69) is 17.6 Å². The van der Waals surface area contributed by atoms with Crippen molar-refractivity contribution in [3.8, 4) is 5.75 Å². The summed E-state index contributed by atoms with van der Waals surface area (Å²) < 4.78 is 10.6. The molecular formula is C26H28N2O4S. The van der Waals surface area contributed by atoms with Crippen LogP contribution in [-0.2, 0) is 16.1 Å². The standard InChI is InChI=1S/C26H28N2O4S/c1-15-3-12-20-21(13-15)33-25-22(20)24(29)27-23(28-25)17-8-10-19(11-9-17)32-14-16-4-6-18(7-5-16)26(30)31-2/h4-11,15,22-23,25,28H,3,12-14H2,1-2H3,(H,27,29). The Morgan fingerprint density at radius 1 is 1.12 bits per heavy atom. The van der Waals surface area contributed by atoms with Crippen molar-refractivity contribution in [2.45, 2.75) is 44.3 Å². The van der Waals surface area contributed by atoms with Crippen molar-refractivity contribution in [3.63, 3.8) is 0 Å². The molecule has 0 saturated carbocycles. The molecule has 0 aromatic heterocycles. The van der Waals surface area contributed by atoms with E-state index < -0.39 is 0 Å². The SMILES string of the molecule is COC(=O)c1ccc(COc2ccc(C3NC(=O)C4C5=C(CC(C)CC5)SC4N3)cc2)cc1. The van der Waals surface area contributed by atoms with Gasteiger partial charge in [-0.1, -0.05) is 31.2 Å². The van der Waals surface area contributed by atoms with Crippen molar-refractivity contribution < 1.29 is 19.1 Å². The van der Waals surface area contributed by atoms with E-state index in [1.54, 1.807) is 12.1 Å². The highest BCUT2D eigenvalue weighted by molar-refractivity contribution is 8.04. The molecule has 2 aromatic rings. The van der Waals surface area contributed by atoms with Gasteiger partial charge in [0.05, 0.1) is 24.0 Å². The fourth-order valence-corrected chi connectivity index (χ4v) is 6.47. The quantitative estimate of drug-likeness (QED) is 0.633. The summed E-state index contributed by atoms with van der Waals surface area (Å²) in [6, 6.07) is 15.0. The minimum absolute atomic E-state index is 0.0399. The third kappa shape index (κ3) is 4.52. The predicted molar refractivity (Wildman–Crippen MR) is 127 cm³/mol. The van der Waals surface area contributed by atoms with Crippen molar-refractivity contribution >= 4 is 23.6 Å². The summed E-state index contributed by atoms with van der Waals surface area (Å²) in [4.78, 5) is 25.9. The van der Waals surface area contributed by atoms with Crippen LogP contribution in [0.25, 0.3) is 0 Å². The first kappa shape index (κ1) is 22.0. The van der Waals surface area contributed by atoms with Crippen LogP contribution in [0.3, 0.4) is 0 Å². The van der Waals surface area contributed by atoms with Crippen molar-refractivity contribution in [2.75, 3.05) is 7.11 Å². The zero-order chi connectivity index (χ0) is 22.9. The van der Waals surface area contributed by atoms with Crippen LogP contribution >= 0.6 is 11.8 Å². The summed E-state index contributed by atoms with van der Waals surface area (Å²) >= 11 is 1.85. The average Bonchev–Trinajstić information content (AvgIpc) is 3.20. The minimum atomic E-state index is -0.352. The van der Waals surface area contributed by atoms with Crippen LogP contribution in [0.2, 0.25) is 0 Å². The molecule has 7 heteroatoms. The van der Waals surface area contributed by atoms with Gasteiger partial charge < -0.3 is 14.8 Å². The number of rotatable bonds is 5. The highest BCUT2D eigenvalue weighted by atomic mass is 32.2. The summed E-state index contributed by atoms with van der Waals surface area (Å²) in [5, 5.41) is 6.92. The maximum absolute atomic E-state index is 13.0. The maximum atomic E-state index is 13.0. The van der Waals surface area contributed by atoms with Crippen LogP contribution in [0.5, 0.6) is 5.75 Å². The van der Waals surface area contributed by atoms with Gasteiger partial charge >= 0.3 is 5.97 Å². The van der Waals surface area contributed by atoms with Gasteiger partial charge in [0.25, 0.3) is 0 Å². The molecule has 1 fully saturated rings. The van der Waals surface area contributed by atoms with Gasteiger partial charge in [0, 0.05) is 0 Å². The molecule has 2 aliphatic heterocycles. The fraction of sp³-hybridized carbons (Fsp3) is 0.385. The Hall–Kier alpha value is -2.77. The summed E-state index contributed by atoms with van der Waals surface area (Å²) in [7, 11) is 1.37. The maximum Gasteiger partial charge on any atom is 0.337 e. The van der Waals surface area contributed by atoms with Gasteiger partial charge in [-0.25, -0.2) is 4.79 Å². The first-order valence-corrected chi connectivity index (χ1v) is 12.2. The largest absolute Gasteiger partial charge is 0.489 e. The van der Waals surface area contributed by atoms with E-state index in [1.807, 2.05) is 48.2 Å². The van der Waals surface area contributed by atoms with Crippen LogP contribution in [0, 0.1) is 11.8 Å². The van der Waals surface area contributed by atoms with Gasteiger partial charge in [-0.15, -0.1) is 11.8 Å². The van der Waals surface area contributed by atoms with Crippen LogP contribution < -0.4 is 15.4 Å². The first-order valence-electron chi connectivity index (χ1n) is 11.4.